The Morgan fingerprint density at radius 2 is 1.81 bits per heavy atom. The first kappa shape index (κ1) is 23.2. The van der Waals surface area contributed by atoms with Gasteiger partial charge in [0.15, 0.2) is 5.75 Å². The first-order chi connectivity index (χ1) is 15.2. The highest BCUT2D eigenvalue weighted by molar-refractivity contribution is 6.32. The number of ether oxygens (including phenoxy) is 4. The summed E-state index contributed by atoms with van der Waals surface area (Å²) in [5.41, 5.74) is 0.529. The summed E-state index contributed by atoms with van der Waals surface area (Å²) in [7, 11) is 1.53. The minimum atomic E-state index is -4.95. The van der Waals surface area contributed by atoms with Gasteiger partial charge >= 0.3 is 12.3 Å². The van der Waals surface area contributed by atoms with E-state index in [-0.39, 0.29) is 35.5 Å². The molecule has 0 bridgehead atoms. The lowest BCUT2D eigenvalue weighted by molar-refractivity contribution is -0.274. The van der Waals surface area contributed by atoms with Crippen molar-refractivity contribution in [3.05, 3.63) is 58.7 Å². The Balaban J connectivity index is 1.95. The number of benzene rings is 2. The van der Waals surface area contributed by atoms with E-state index in [0.29, 0.717) is 5.75 Å². The van der Waals surface area contributed by atoms with Crippen molar-refractivity contribution < 1.29 is 36.9 Å². The summed E-state index contributed by atoms with van der Waals surface area (Å²) in [6.07, 6.45) is -4.95. The summed E-state index contributed by atoms with van der Waals surface area (Å²) in [4.78, 5) is 12.3. The van der Waals surface area contributed by atoms with Crippen LogP contribution in [0.2, 0.25) is 5.02 Å². The monoisotopic (exact) mass is 471 g/mol. The van der Waals surface area contributed by atoms with Crippen molar-refractivity contribution in [2.45, 2.75) is 19.8 Å². The number of aromatic nitrogens is 3. The molecule has 0 unspecified atom stereocenters. The highest BCUT2D eigenvalue weighted by atomic mass is 35.5. The van der Waals surface area contributed by atoms with Crippen LogP contribution in [0.4, 0.5) is 13.2 Å². The molecule has 0 atom stereocenters. The van der Waals surface area contributed by atoms with Crippen LogP contribution in [0, 0.1) is 0 Å². The molecule has 8 nitrogen and oxygen atoms in total. The van der Waals surface area contributed by atoms with Crippen LogP contribution in [0.3, 0.4) is 0 Å². The van der Waals surface area contributed by atoms with Gasteiger partial charge in [-0.15, -0.1) is 18.3 Å². The van der Waals surface area contributed by atoms with Crippen LogP contribution >= 0.6 is 11.6 Å². The third kappa shape index (κ3) is 5.82. The second-order valence-electron chi connectivity index (χ2n) is 6.21. The Morgan fingerprint density at radius 1 is 1.12 bits per heavy atom. The highest BCUT2D eigenvalue weighted by Crippen LogP contribution is 2.35. The van der Waals surface area contributed by atoms with Crippen LogP contribution < -0.4 is 14.2 Å². The summed E-state index contributed by atoms with van der Waals surface area (Å²) >= 11 is 5.78. The summed E-state index contributed by atoms with van der Waals surface area (Å²) in [5, 5.41) is 7.46. The Morgan fingerprint density at radius 3 is 2.44 bits per heavy atom. The number of carbonyl (C=O) groups is 1. The summed E-state index contributed by atoms with van der Waals surface area (Å²) in [5.74, 6) is -1.03. The maximum Gasteiger partial charge on any atom is 0.573 e. The van der Waals surface area contributed by atoms with E-state index in [0.717, 1.165) is 11.6 Å². The number of rotatable bonds is 8. The quantitative estimate of drug-likeness (QED) is 0.434. The molecule has 0 aliphatic rings. The number of alkyl halides is 3. The first-order valence-electron chi connectivity index (χ1n) is 9.17. The predicted molar refractivity (Wildman–Crippen MR) is 106 cm³/mol. The fourth-order valence-corrected chi connectivity index (χ4v) is 2.76. The number of halogens is 4. The third-order valence-corrected chi connectivity index (χ3v) is 4.31. The van der Waals surface area contributed by atoms with Crippen molar-refractivity contribution in [2.75, 3.05) is 13.7 Å². The highest BCUT2D eigenvalue weighted by Gasteiger charge is 2.32. The van der Waals surface area contributed by atoms with Gasteiger partial charge in [0, 0.05) is 6.07 Å². The van der Waals surface area contributed by atoms with E-state index in [1.807, 2.05) is 0 Å². The third-order valence-electron chi connectivity index (χ3n) is 3.99. The average molecular weight is 472 g/mol. The zero-order chi connectivity index (χ0) is 23.3. The van der Waals surface area contributed by atoms with Gasteiger partial charge in [0.25, 0.3) is 5.88 Å². The van der Waals surface area contributed by atoms with Gasteiger partial charge in [-0.05, 0) is 36.8 Å². The lowest BCUT2D eigenvalue weighted by Gasteiger charge is -2.13. The Kier molecular flexibility index (Phi) is 7.08. The molecule has 0 aliphatic heterocycles. The topological polar surface area (TPSA) is 84.7 Å². The number of esters is 1. The molecule has 1 heterocycles. The predicted octanol–water partition coefficient (Wildman–Crippen LogP) is 4.86. The number of carbonyl (C=O) groups excluding carboxylic acids is 1. The van der Waals surface area contributed by atoms with E-state index in [1.165, 1.54) is 23.9 Å². The standard InChI is InChI=1S/C20H17ClF3N3O5/c1-3-30-19(28)17-18(27(26-25-17)11-12-4-6-13(29-2)7-5-12)31-14-8-9-15(21)16(10-14)32-20(22,23)24/h4-10H,3,11H2,1-2H3. The molecule has 1 aromatic heterocycles. The number of methoxy groups -OCH3 is 1. The zero-order valence-corrected chi connectivity index (χ0v) is 17.6. The van der Waals surface area contributed by atoms with Crippen LogP contribution in [0.1, 0.15) is 23.0 Å². The van der Waals surface area contributed by atoms with Crippen LogP contribution in [0.5, 0.6) is 23.1 Å². The second-order valence-corrected chi connectivity index (χ2v) is 6.62. The lowest BCUT2D eigenvalue weighted by atomic mass is 10.2. The molecule has 0 radical (unpaired) electrons. The lowest BCUT2D eigenvalue weighted by Crippen LogP contribution is -2.17. The van der Waals surface area contributed by atoms with E-state index in [2.05, 4.69) is 15.0 Å². The molecule has 2 aromatic carbocycles. The molecule has 3 rings (SSSR count). The molecule has 32 heavy (non-hydrogen) atoms. The van der Waals surface area contributed by atoms with E-state index in [9.17, 15) is 18.0 Å². The van der Waals surface area contributed by atoms with Gasteiger partial charge in [0.2, 0.25) is 5.69 Å². The Bertz CT molecular complexity index is 1090. The second kappa shape index (κ2) is 9.77. The van der Waals surface area contributed by atoms with E-state index < -0.39 is 18.1 Å². The van der Waals surface area contributed by atoms with Gasteiger partial charge in [-0.3, -0.25) is 0 Å². The zero-order valence-electron chi connectivity index (χ0n) is 16.9. The molecular formula is C20H17ClF3N3O5. The number of hydrogen-bond acceptors (Lipinski definition) is 7. The minimum Gasteiger partial charge on any atom is -0.497 e. The van der Waals surface area contributed by atoms with E-state index >= 15 is 0 Å². The van der Waals surface area contributed by atoms with Crippen LogP contribution in [0.15, 0.2) is 42.5 Å². The first-order valence-corrected chi connectivity index (χ1v) is 9.54. The van der Waals surface area contributed by atoms with Crippen molar-refractivity contribution in [3.8, 4) is 23.1 Å². The molecule has 0 aliphatic carbocycles. The molecule has 0 saturated heterocycles. The fourth-order valence-electron chi connectivity index (χ4n) is 2.60. The molecule has 12 heteroatoms. The van der Waals surface area contributed by atoms with E-state index in [1.54, 1.807) is 31.2 Å². The van der Waals surface area contributed by atoms with Gasteiger partial charge in [-0.1, -0.05) is 28.9 Å². The molecule has 0 saturated carbocycles. The van der Waals surface area contributed by atoms with Crippen LogP contribution in [-0.2, 0) is 11.3 Å². The molecule has 170 valence electrons. The Hall–Kier alpha value is -3.47. The SMILES string of the molecule is CCOC(=O)c1nnn(Cc2ccc(OC)cc2)c1Oc1ccc(Cl)c(OC(F)(F)F)c1. The largest absolute Gasteiger partial charge is 0.573 e. The van der Waals surface area contributed by atoms with Crippen molar-refractivity contribution >= 4 is 17.6 Å². The van der Waals surface area contributed by atoms with Gasteiger partial charge in [-0.2, -0.15) is 0 Å². The van der Waals surface area contributed by atoms with Crippen molar-refractivity contribution in [1.82, 2.24) is 15.0 Å². The van der Waals surface area contributed by atoms with Crippen molar-refractivity contribution in [3.63, 3.8) is 0 Å². The van der Waals surface area contributed by atoms with Crippen LogP contribution in [0.25, 0.3) is 0 Å². The Labute approximate surface area is 185 Å². The van der Waals surface area contributed by atoms with Crippen molar-refractivity contribution in [2.24, 2.45) is 0 Å². The molecule has 0 fully saturated rings. The fraction of sp³-hybridized carbons (Fsp3) is 0.250. The smallest absolute Gasteiger partial charge is 0.497 e. The van der Waals surface area contributed by atoms with Crippen LogP contribution in [-0.4, -0.2) is 41.0 Å². The van der Waals surface area contributed by atoms with E-state index in [4.69, 9.17) is 25.8 Å². The summed E-state index contributed by atoms with van der Waals surface area (Å²) < 4.78 is 58.8. The van der Waals surface area contributed by atoms with Gasteiger partial charge < -0.3 is 18.9 Å². The molecule has 0 N–H and O–H groups in total. The molecule has 0 spiro atoms. The molecule has 3 aromatic rings. The average Bonchev–Trinajstić information content (AvgIpc) is 3.12. The summed E-state index contributed by atoms with van der Waals surface area (Å²) in [6, 6.07) is 10.4. The summed E-state index contributed by atoms with van der Waals surface area (Å²) in [6.45, 7) is 1.83. The maximum atomic E-state index is 12.6. The van der Waals surface area contributed by atoms with Gasteiger partial charge in [0.1, 0.15) is 11.5 Å². The van der Waals surface area contributed by atoms with Gasteiger partial charge in [0.05, 0.1) is 25.3 Å². The normalized spacial score (nSPS) is 11.2. The maximum absolute atomic E-state index is 12.6. The minimum absolute atomic E-state index is 0.0775. The molecular weight excluding hydrogens is 455 g/mol. The molecule has 0 amide bonds. The number of hydrogen-bond donors (Lipinski definition) is 0. The van der Waals surface area contributed by atoms with Crippen molar-refractivity contribution in [1.29, 1.82) is 0 Å². The van der Waals surface area contributed by atoms with Gasteiger partial charge in [-0.25, -0.2) is 9.48 Å². The number of nitrogens with zero attached hydrogens (tertiary/aromatic N) is 3.